The lowest BCUT2D eigenvalue weighted by atomic mass is 10.1. The third-order valence-corrected chi connectivity index (χ3v) is 6.03. The maximum Gasteiger partial charge on any atom is 0.242 e. The van der Waals surface area contributed by atoms with Crippen LogP contribution in [-0.2, 0) is 19.9 Å². The molecular weight excluding hydrogens is 360 g/mol. The average Bonchev–Trinajstić information content (AvgIpc) is 2.46. The van der Waals surface area contributed by atoms with Gasteiger partial charge in [0, 0.05) is 18.5 Å². The Balaban J connectivity index is 2.21. The number of benzene rings is 1. The molecule has 0 radical (unpaired) electrons. The highest BCUT2D eigenvalue weighted by Crippen LogP contribution is 2.19. The van der Waals surface area contributed by atoms with Crippen LogP contribution in [0.1, 0.15) is 18.5 Å². The molecule has 0 aliphatic rings. The maximum atomic E-state index is 12.3. The molecule has 0 fully saturated rings. The molecule has 0 aliphatic carbocycles. The Kier molecular flexibility index (Phi) is 5.10. The fourth-order valence-corrected chi connectivity index (χ4v) is 3.81. The van der Waals surface area contributed by atoms with Crippen molar-refractivity contribution in [3.05, 3.63) is 53.3 Å². The Morgan fingerprint density at radius 1 is 1.00 bits per heavy atom. The zero-order chi connectivity index (χ0) is 17.3. The number of sulfonamides is 1. The fraction of sp³-hybridized carbons (Fsp3) is 0.214. The molecule has 0 saturated heterocycles. The van der Waals surface area contributed by atoms with E-state index in [-0.39, 0.29) is 14.9 Å². The lowest BCUT2D eigenvalue weighted by Gasteiger charge is -2.15. The second kappa shape index (κ2) is 6.56. The SMILES string of the molecule is CC(NS(=O)(=O)c1ccc(Cl)nc1)c1ccc(S(C)(=O)=O)cc1. The summed E-state index contributed by atoms with van der Waals surface area (Å²) in [7, 11) is -7.04. The van der Waals surface area contributed by atoms with E-state index >= 15 is 0 Å². The predicted molar refractivity (Wildman–Crippen MR) is 87.5 cm³/mol. The van der Waals surface area contributed by atoms with Crippen molar-refractivity contribution in [1.29, 1.82) is 0 Å². The summed E-state index contributed by atoms with van der Waals surface area (Å²) in [5, 5.41) is 0.202. The molecule has 0 aliphatic heterocycles. The second-order valence-electron chi connectivity index (χ2n) is 5.00. The first-order valence-electron chi connectivity index (χ1n) is 6.53. The van der Waals surface area contributed by atoms with Gasteiger partial charge in [-0.25, -0.2) is 26.5 Å². The third-order valence-electron chi connectivity index (χ3n) is 3.15. The van der Waals surface area contributed by atoms with E-state index in [9.17, 15) is 16.8 Å². The number of sulfone groups is 1. The molecule has 6 nitrogen and oxygen atoms in total. The first kappa shape index (κ1) is 17.9. The highest BCUT2D eigenvalue weighted by Gasteiger charge is 2.19. The van der Waals surface area contributed by atoms with E-state index in [0.717, 1.165) is 6.26 Å². The maximum absolute atomic E-state index is 12.3. The summed E-state index contributed by atoms with van der Waals surface area (Å²) >= 11 is 5.64. The van der Waals surface area contributed by atoms with Gasteiger partial charge in [0.1, 0.15) is 10.0 Å². The Morgan fingerprint density at radius 3 is 2.04 bits per heavy atom. The molecule has 0 bridgehead atoms. The van der Waals surface area contributed by atoms with Gasteiger partial charge in [-0.15, -0.1) is 0 Å². The van der Waals surface area contributed by atoms with E-state index in [1.54, 1.807) is 19.1 Å². The highest BCUT2D eigenvalue weighted by atomic mass is 35.5. The van der Waals surface area contributed by atoms with Gasteiger partial charge in [-0.2, -0.15) is 0 Å². The van der Waals surface area contributed by atoms with Crippen LogP contribution in [0.25, 0.3) is 0 Å². The van der Waals surface area contributed by atoms with Gasteiger partial charge in [-0.3, -0.25) is 0 Å². The average molecular weight is 375 g/mol. The first-order valence-corrected chi connectivity index (χ1v) is 10.3. The second-order valence-corrected chi connectivity index (χ2v) is 9.12. The predicted octanol–water partition coefficient (Wildman–Crippen LogP) is 2.18. The van der Waals surface area contributed by atoms with E-state index in [0.29, 0.717) is 5.56 Å². The van der Waals surface area contributed by atoms with E-state index in [1.165, 1.54) is 30.5 Å². The van der Waals surface area contributed by atoms with Crippen LogP contribution in [0.15, 0.2) is 52.4 Å². The van der Waals surface area contributed by atoms with E-state index in [4.69, 9.17) is 11.6 Å². The van der Waals surface area contributed by atoms with Crippen molar-refractivity contribution < 1.29 is 16.8 Å². The van der Waals surface area contributed by atoms with Crippen LogP contribution in [-0.4, -0.2) is 28.1 Å². The zero-order valence-electron chi connectivity index (χ0n) is 12.4. The quantitative estimate of drug-likeness (QED) is 0.809. The minimum Gasteiger partial charge on any atom is -0.243 e. The molecule has 1 unspecified atom stereocenters. The van der Waals surface area contributed by atoms with Crippen molar-refractivity contribution in [2.75, 3.05) is 6.26 Å². The van der Waals surface area contributed by atoms with E-state index in [2.05, 4.69) is 9.71 Å². The number of nitrogens with one attached hydrogen (secondary N) is 1. The molecule has 1 heterocycles. The molecular formula is C14H15ClN2O4S2. The molecule has 0 spiro atoms. The van der Waals surface area contributed by atoms with Crippen LogP contribution in [0, 0.1) is 0 Å². The van der Waals surface area contributed by atoms with Gasteiger partial charge in [-0.05, 0) is 36.8 Å². The number of halogens is 1. The molecule has 2 aromatic rings. The Morgan fingerprint density at radius 2 is 1.57 bits per heavy atom. The fourth-order valence-electron chi connectivity index (χ4n) is 1.89. The summed E-state index contributed by atoms with van der Waals surface area (Å²) in [6.45, 7) is 1.66. The van der Waals surface area contributed by atoms with Crippen molar-refractivity contribution in [2.24, 2.45) is 0 Å². The first-order chi connectivity index (χ1) is 10.6. The smallest absolute Gasteiger partial charge is 0.242 e. The van der Waals surface area contributed by atoms with Crippen molar-refractivity contribution in [3.63, 3.8) is 0 Å². The monoisotopic (exact) mass is 374 g/mol. The van der Waals surface area contributed by atoms with Crippen molar-refractivity contribution in [3.8, 4) is 0 Å². The van der Waals surface area contributed by atoms with Gasteiger partial charge in [-0.1, -0.05) is 23.7 Å². The third kappa shape index (κ3) is 4.51. The molecule has 2 rings (SSSR count). The topological polar surface area (TPSA) is 93.2 Å². The Bertz CT molecular complexity index is 893. The van der Waals surface area contributed by atoms with E-state index < -0.39 is 25.9 Å². The van der Waals surface area contributed by atoms with Gasteiger partial charge < -0.3 is 0 Å². The minimum absolute atomic E-state index is 0.00139. The van der Waals surface area contributed by atoms with Crippen LogP contribution in [0.3, 0.4) is 0 Å². The summed E-state index contributed by atoms with van der Waals surface area (Å²) in [6, 6.07) is 8.24. The molecule has 0 amide bonds. The van der Waals surface area contributed by atoms with Gasteiger partial charge in [0.05, 0.1) is 4.90 Å². The molecule has 9 heteroatoms. The number of hydrogen-bond donors (Lipinski definition) is 1. The standard InChI is InChI=1S/C14H15ClN2O4S2/c1-10(11-3-5-12(6-4-11)22(2,18)19)17-23(20,21)13-7-8-14(15)16-9-13/h3-10,17H,1-2H3. The summed E-state index contributed by atoms with van der Waals surface area (Å²) in [4.78, 5) is 3.92. The van der Waals surface area contributed by atoms with Crippen molar-refractivity contribution >= 4 is 31.5 Å². The largest absolute Gasteiger partial charge is 0.243 e. The van der Waals surface area contributed by atoms with Gasteiger partial charge >= 0.3 is 0 Å². The van der Waals surface area contributed by atoms with Crippen LogP contribution in [0.2, 0.25) is 5.15 Å². The normalized spacial score (nSPS) is 13.7. The summed E-state index contributed by atoms with van der Waals surface area (Å²) in [5.41, 5.74) is 0.642. The summed E-state index contributed by atoms with van der Waals surface area (Å²) in [6.07, 6.45) is 2.28. The number of aromatic nitrogens is 1. The Labute approximate surface area is 140 Å². The van der Waals surface area contributed by atoms with Gasteiger partial charge in [0.15, 0.2) is 9.84 Å². The van der Waals surface area contributed by atoms with Gasteiger partial charge in [0.25, 0.3) is 0 Å². The molecule has 0 saturated carbocycles. The van der Waals surface area contributed by atoms with Crippen LogP contribution < -0.4 is 4.72 Å². The number of rotatable bonds is 5. The molecule has 1 N–H and O–H groups in total. The summed E-state index contributed by atoms with van der Waals surface area (Å²) < 4.78 is 49.9. The van der Waals surface area contributed by atoms with Gasteiger partial charge in [0.2, 0.25) is 10.0 Å². The molecule has 124 valence electrons. The number of hydrogen-bond acceptors (Lipinski definition) is 5. The number of nitrogens with zero attached hydrogens (tertiary/aromatic N) is 1. The summed E-state index contributed by atoms with van der Waals surface area (Å²) in [5.74, 6) is 0. The Hall–Kier alpha value is -1.48. The van der Waals surface area contributed by atoms with Crippen LogP contribution in [0.4, 0.5) is 0 Å². The molecule has 1 aromatic heterocycles. The lowest BCUT2D eigenvalue weighted by Crippen LogP contribution is -2.27. The minimum atomic E-state index is -3.75. The van der Waals surface area contributed by atoms with Crippen LogP contribution >= 0.6 is 11.6 Å². The van der Waals surface area contributed by atoms with Crippen molar-refractivity contribution in [1.82, 2.24) is 9.71 Å². The number of pyridine rings is 1. The molecule has 1 atom stereocenters. The highest BCUT2D eigenvalue weighted by molar-refractivity contribution is 7.90. The van der Waals surface area contributed by atoms with E-state index in [1.807, 2.05) is 0 Å². The van der Waals surface area contributed by atoms with Crippen molar-refractivity contribution in [2.45, 2.75) is 22.8 Å². The van der Waals surface area contributed by atoms with Crippen LogP contribution in [0.5, 0.6) is 0 Å². The lowest BCUT2D eigenvalue weighted by molar-refractivity contribution is 0.566. The molecule has 1 aromatic carbocycles. The zero-order valence-corrected chi connectivity index (χ0v) is 14.8. The molecule has 23 heavy (non-hydrogen) atoms.